The molecule has 0 saturated carbocycles. The molecule has 2 aromatic carbocycles. The van der Waals surface area contributed by atoms with E-state index in [0.29, 0.717) is 37.6 Å². The van der Waals surface area contributed by atoms with E-state index in [4.69, 9.17) is 9.15 Å². The molecular formula is C21H19FN2O3. The van der Waals surface area contributed by atoms with Gasteiger partial charge in [0, 0.05) is 30.0 Å². The lowest BCUT2D eigenvalue weighted by Crippen LogP contribution is -2.36. The van der Waals surface area contributed by atoms with Crippen LogP contribution in [0, 0.1) is 5.82 Å². The molecule has 0 spiro atoms. The largest absolute Gasteiger partial charge is 0.459 e. The number of rotatable bonds is 4. The molecule has 0 atom stereocenters. The van der Waals surface area contributed by atoms with Crippen LogP contribution < -0.4 is 10.2 Å². The molecule has 3 aromatic rings. The van der Waals surface area contributed by atoms with E-state index in [0.717, 1.165) is 11.3 Å². The van der Waals surface area contributed by atoms with Gasteiger partial charge in [0.15, 0.2) is 5.76 Å². The fraction of sp³-hybridized carbons (Fsp3) is 0.190. The van der Waals surface area contributed by atoms with E-state index in [1.54, 1.807) is 12.1 Å². The third kappa shape index (κ3) is 3.85. The van der Waals surface area contributed by atoms with E-state index in [-0.39, 0.29) is 5.76 Å². The van der Waals surface area contributed by atoms with Crippen LogP contribution in [0.2, 0.25) is 0 Å². The minimum atomic E-state index is -0.419. The molecule has 1 fully saturated rings. The Morgan fingerprint density at radius 3 is 2.59 bits per heavy atom. The maximum Gasteiger partial charge on any atom is 0.292 e. The number of hydrogen-bond acceptors (Lipinski definition) is 4. The van der Waals surface area contributed by atoms with Gasteiger partial charge in [0.1, 0.15) is 5.82 Å². The van der Waals surface area contributed by atoms with Crippen LogP contribution in [0.1, 0.15) is 10.6 Å². The molecule has 138 valence electrons. The van der Waals surface area contributed by atoms with Crippen molar-refractivity contribution in [2.45, 2.75) is 0 Å². The fourth-order valence-electron chi connectivity index (χ4n) is 3.17. The average molecular weight is 366 g/mol. The van der Waals surface area contributed by atoms with Crippen molar-refractivity contribution in [2.24, 2.45) is 0 Å². The van der Waals surface area contributed by atoms with Crippen LogP contribution in [0.15, 0.2) is 65.3 Å². The number of carbonyl (C=O) groups is 1. The molecule has 1 aromatic heterocycles. The molecule has 0 unspecified atom stereocenters. The number of ether oxygens (including phenoxy) is 1. The third-order valence-corrected chi connectivity index (χ3v) is 4.47. The predicted molar refractivity (Wildman–Crippen MR) is 102 cm³/mol. The van der Waals surface area contributed by atoms with Crippen molar-refractivity contribution in [3.8, 4) is 11.1 Å². The Labute approximate surface area is 156 Å². The van der Waals surface area contributed by atoms with Crippen molar-refractivity contribution in [3.05, 3.63) is 72.4 Å². The van der Waals surface area contributed by atoms with Crippen LogP contribution in [0.25, 0.3) is 11.1 Å². The maximum atomic E-state index is 14.1. The minimum Gasteiger partial charge on any atom is -0.459 e. The van der Waals surface area contributed by atoms with E-state index >= 15 is 0 Å². The normalized spacial score (nSPS) is 14.2. The highest BCUT2D eigenvalue weighted by Gasteiger charge is 2.18. The number of halogens is 1. The number of carbonyl (C=O) groups excluding carboxylic acids is 1. The summed E-state index contributed by atoms with van der Waals surface area (Å²) in [6, 6.07) is 15.8. The van der Waals surface area contributed by atoms with Gasteiger partial charge in [-0.3, -0.25) is 4.79 Å². The van der Waals surface area contributed by atoms with Gasteiger partial charge in [-0.05, 0) is 29.8 Å². The van der Waals surface area contributed by atoms with Gasteiger partial charge in [0.05, 0.1) is 19.5 Å². The summed E-state index contributed by atoms with van der Waals surface area (Å²) in [7, 11) is 0. The van der Waals surface area contributed by atoms with Crippen LogP contribution in [0.4, 0.5) is 15.8 Å². The molecule has 27 heavy (non-hydrogen) atoms. The molecule has 2 heterocycles. The number of benzene rings is 2. The number of nitrogens with one attached hydrogen (secondary N) is 1. The summed E-state index contributed by atoms with van der Waals surface area (Å²) in [4.78, 5) is 14.7. The van der Waals surface area contributed by atoms with Crippen LogP contribution in [-0.2, 0) is 4.74 Å². The molecule has 0 radical (unpaired) electrons. The summed E-state index contributed by atoms with van der Waals surface area (Å²) < 4.78 is 24.8. The van der Waals surface area contributed by atoms with Crippen molar-refractivity contribution in [2.75, 3.05) is 36.5 Å². The first kappa shape index (κ1) is 17.3. The molecule has 6 heteroatoms. The van der Waals surface area contributed by atoms with Gasteiger partial charge < -0.3 is 19.4 Å². The molecule has 1 amide bonds. The lowest BCUT2D eigenvalue weighted by atomic mass is 10.1. The molecule has 1 N–H and O–H groups in total. The summed E-state index contributed by atoms with van der Waals surface area (Å²) in [6.45, 7) is 2.58. The van der Waals surface area contributed by atoms with Gasteiger partial charge in [-0.15, -0.1) is 0 Å². The van der Waals surface area contributed by atoms with Crippen LogP contribution in [0.3, 0.4) is 0 Å². The summed E-state index contributed by atoms with van der Waals surface area (Å²) >= 11 is 0. The topological polar surface area (TPSA) is 54.7 Å². The number of morpholine rings is 1. The van der Waals surface area contributed by atoms with E-state index in [9.17, 15) is 9.18 Å². The Bertz CT molecular complexity index is 934. The van der Waals surface area contributed by atoms with Gasteiger partial charge in [-0.25, -0.2) is 4.39 Å². The molecule has 1 aliphatic heterocycles. The lowest BCUT2D eigenvalue weighted by molar-refractivity contribution is 0.0997. The van der Waals surface area contributed by atoms with E-state index in [1.165, 1.54) is 18.4 Å². The molecule has 1 saturated heterocycles. The summed E-state index contributed by atoms with van der Waals surface area (Å²) in [5.41, 5.74) is 2.68. The van der Waals surface area contributed by atoms with Crippen molar-refractivity contribution < 1.29 is 18.3 Å². The number of furan rings is 1. The Kier molecular flexibility index (Phi) is 4.89. The highest BCUT2D eigenvalue weighted by molar-refractivity contribution is 6.06. The molecule has 0 aliphatic carbocycles. The Morgan fingerprint density at radius 1 is 1.04 bits per heavy atom. The Balaban J connectivity index is 1.57. The lowest BCUT2D eigenvalue weighted by Gasteiger charge is -2.29. The van der Waals surface area contributed by atoms with E-state index in [2.05, 4.69) is 5.32 Å². The van der Waals surface area contributed by atoms with Gasteiger partial charge in [0.2, 0.25) is 0 Å². The quantitative estimate of drug-likeness (QED) is 0.753. The second kappa shape index (κ2) is 7.63. The summed E-state index contributed by atoms with van der Waals surface area (Å²) in [6.07, 6.45) is 1.47. The summed E-state index contributed by atoms with van der Waals surface area (Å²) in [5, 5.41) is 2.74. The second-order valence-corrected chi connectivity index (χ2v) is 6.28. The zero-order chi connectivity index (χ0) is 18.6. The van der Waals surface area contributed by atoms with E-state index in [1.807, 2.05) is 35.2 Å². The number of amides is 1. The van der Waals surface area contributed by atoms with Crippen molar-refractivity contribution >= 4 is 17.3 Å². The van der Waals surface area contributed by atoms with Crippen LogP contribution >= 0.6 is 0 Å². The van der Waals surface area contributed by atoms with Gasteiger partial charge >= 0.3 is 0 Å². The zero-order valence-corrected chi connectivity index (χ0v) is 14.7. The summed E-state index contributed by atoms with van der Waals surface area (Å²) in [5.74, 6) is -0.632. The fourth-order valence-corrected chi connectivity index (χ4v) is 3.17. The second-order valence-electron chi connectivity index (χ2n) is 6.28. The smallest absolute Gasteiger partial charge is 0.292 e. The van der Waals surface area contributed by atoms with Crippen molar-refractivity contribution in [1.29, 1.82) is 0 Å². The predicted octanol–water partition coefficient (Wildman–Crippen LogP) is 4.17. The SMILES string of the molecule is O=C(Nc1cc(F)cc(N2CCOCC2)c1)c1occc1-c1ccccc1. The van der Waals surface area contributed by atoms with Crippen LogP contribution in [-0.4, -0.2) is 32.2 Å². The third-order valence-electron chi connectivity index (χ3n) is 4.47. The first-order valence-electron chi connectivity index (χ1n) is 8.78. The average Bonchev–Trinajstić information content (AvgIpc) is 3.19. The first-order valence-corrected chi connectivity index (χ1v) is 8.78. The minimum absolute atomic E-state index is 0.193. The molecule has 0 bridgehead atoms. The molecular weight excluding hydrogens is 347 g/mol. The number of nitrogens with zero attached hydrogens (tertiary/aromatic N) is 1. The Morgan fingerprint density at radius 2 is 1.81 bits per heavy atom. The standard InChI is InChI=1S/C21H19FN2O3/c22-16-12-17(14-18(13-16)24-7-10-26-11-8-24)23-21(25)20-19(6-9-27-20)15-4-2-1-3-5-15/h1-6,9,12-14H,7-8,10-11H2,(H,23,25). The maximum absolute atomic E-state index is 14.1. The van der Waals surface area contributed by atoms with Gasteiger partial charge in [-0.2, -0.15) is 0 Å². The van der Waals surface area contributed by atoms with Crippen LogP contribution in [0.5, 0.6) is 0 Å². The highest BCUT2D eigenvalue weighted by atomic mass is 19.1. The van der Waals surface area contributed by atoms with E-state index < -0.39 is 11.7 Å². The number of anilines is 2. The van der Waals surface area contributed by atoms with Crippen molar-refractivity contribution in [1.82, 2.24) is 0 Å². The first-order chi connectivity index (χ1) is 13.2. The van der Waals surface area contributed by atoms with Gasteiger partial charge in [0.25, 0.3) is 5.91 Å². The zero-order valence-electron chi connectivity index (χ0n) is 14.7. The molecule has 4 rings (SSSR count). The number of hydrogen-bond donors (Lipinski definition) is 1. The monoisotopic (exact) mass is 366 g/mol. The van der Waals surface area contributed by atoms with Crippen molar-refractivity contribution in [3.63, 3.8) is 0 Å². The van der Waals surface area contributed by atoms with Gasteiger partial charge in [-0.1, -0.05) is 30.3 Å². The molecule has 1 aliphatic rings. The Hall–Kier alpha value is -3.12. The highest BCUT2D eigenvalue weighted by Crippen LogP contribution is 2.27. The molecule has 5 nitrogen and oxygen atoms in total.